The number of allylic oxidation sites excluding steroid dienone is 4. The summed E-state index contributed by atoms with van der Waals surface area (Å²) in [6.07, 6.45) is 1.99. The van der Waals surface area contributed by atoms with Crippen molar-refractivity contribution in [3.63, 3.8) is 0 Å². The Bertz CT molecular complexity index is 1870. The smallest absolute Gasteiger partial charge is 0.318 e. The molecule has 11 heteroatoms. The maximum absolute atomic E-state index is 14.2. The van der Waals surface area contributed by atoms with Crippen molar-refractivity contribution in [3.05, 3.63) is 121 Å². The van der Waals surface area contributed by atoms with Crippen LogP contribution in [-0.4, -0.2) is 33.4 Å². The minimum Gasteiger partial charge on any atom is -0.493 e. The number of nitrogens with zero attached hydrogens (tertiary/aromatic N) is 3. The molecule has 0 amide bonds. The van der Waals surface area contributed by atoms with E-state index in [4.69, 9.17) is 9.47 Å². The molecule has 0 N–H and O–H groups in total. The van der Waals surface area contributed by atoms with E-state index in [1.165, 1.54) is 13.2 Å². The molecule has 3 aliphatic rings. The Balaban J connectivity index is 1.50. The highest BCUT2D eigenvalue weighted by molar-refractivity contribution is 6.06. The van der Waals surface area contributed by atoms with Gasteiger partial charge in [-0.15, -0.1) is 0 Å². The predicted octanol–water partition coefficient (Wildman–Crippen LogP) is 8.19. The van der Waals surface area contributed by atoms with E-state index in [1.54, 1.807) is 18.2 Å². The zero-order valence-corrected chi connectivity index (χ0v) is 27.6. The number of hydrogen-bond acceptors (Lipinski definition) is 9. The number of rotatable bonds is 8. The number of nitro benzene ring substituents is 2. The van der Waals surface area contributed by atoms with Crippen LogP contribution in [0.25, 0.3) is 0 Å². The Morgan fingerprint density at radius 3 is 1.88 bits per heavy atom. The van der Waals surface area contributed by atoms with Crippen LogP contribution in [0.3, 0.4) is 0 Å². The summed E-state index contributed by atoms with van der Waals surface area (Å²) in [4.78, 5) is 52.1. The van der Waals surface area contributed by atoms with E-state index < -0.39 is 27.1 Å². The number of carbonyl (C=O) groups is 2. The van der Waals surface area contributed by atoms with E-state index in [1.807, 2.05) is 18.2 Å². The molecule has 3 aromatic carbocycles. The average Bonchev–Trinajstić information content (AvgIpc) is 3.01. The number of Topliss-reactive ketones (excluding diaryl/α,β-unsaturated/α-hetero) is 2. The zero-order chi connectivity index (χ0) is 34.5. The summed E-state index contributed by atoms with van der Waals surface area (Å²) in [5.41, 5.74) is 3.23. The first-order valence-corrected chi connectivity index (χ1v) is 15.8. The van der Waals surface area contributed by atoms with Crippen molar-refractivity contribution in [2.75, 3.05) is 7.11 Å². The quantitative estimate of drug-likeness (QED) is 0.174. The summed E-state index contributed by atoms with van der Waals surface area (Å²) < 4.78 is 11.6. The van der Waals surface area contributed by atoms with E-state index in [2.05, 4.69) is 44.7 Å². The zero-order valence-electron chi connectivity index (χ0n) is 27.6. The molecule has 3 aromatic rings. The number of carbonyl (C=O) groups excluding carboxylic acids is 2. The molecule has 2 aliphatic carbocycles. The lowest BCUT2D eigenvalue weighted by molar-refractivity contribution is -0.394. The monoisotopic (exact) mass is 651 g/mol. The van der Waals surface area contributed by atoms with E-state index in [0.29, 0.717) is 48.9 Å². The van der Waals surface area contributed by atoms with E-state index in [0.717, 1.165) is 29.1 Å². The molecule has 48 heavy (non-hydrogen) atoms. The lowest BCUT2D eigenvalue weighted by Crippen LogP contribution is -2.44. The van der Waals surface area contributed by atoms with Crippen LogP contribution in [0.4, 0.5) is 11.4 Å². The van der Waals surface area contributed by atoms with Gasteiger partial charge >= 0.3 is 5.69 Å². The van der Waals surface area contributed by atoms with E-state index in [9.17, 15) is 29.8 Å². The molecular formula is C37H37N3O8. The fourth-order valence-corrected chi connectivity index (χ4v) is 7.25. The van der Waals surface area contributed by atoms with Crippen molar-refractivity contribution >= 4 is 22.9 Å². The molecule has 1 aliphatic heterocycles. The van der Waals surface area contributed by atoms with Crippen molar-refractivity contribution in [3.8, 4) is 17.2 Å². The molecule has 11 nitrogen and oxygen atoms in total. The Hall–Kier alpha value is -5.32. The van der Waals surface area contributed by atoms with Gasteiger partial charge in [-0.1, -0.05) is 64.1 Å². The number of benzene rings is 3. The van der Waals surface area contributed by atoms with Crippen molar-refractivity contribution in [1.29, 1.82) is 0 Å². The molecule has 0 unspecified atom stereocenters. The molecule has 0 saturated carbocycles. The summed E-state index contributed by atoms with van der Waals surface area (Å²) >= 11 is 0. The van der Waals surface area contributed by atoms with Crippen molar-refractivity contribution in [2.24, 2.45) is 10.8 Å². The second-order valence-electron chi connectivity index (χ2n) is 14.3. The van der Waals surface area contributed by atoms with Crippen LogP contribution in [0.1, 0.15) is 70.4 Å². The third kappa shape index (κ3) is 6.08. The highest BCUT2D eigenvalue weighted by Crippen LogP contribution is 2.55. The predicted molar refractivity (Wildman–Crippen MR) is 178 cm³/mol. The highest BCUT2D eigenvalue weighted by Gasteiger charge is 2.49. The van der Waals surface area contributed by atoms with Crippen LogP contribution < -0.4 is 9.47 Å². The van der Waals surface area contributed by atoms with Gasteiger partial charge < -0.3 is 14.4 Å². The number of ether oxygens (including phenoxy) is 2. The van der Waals surface area contributed by atoms with Crippen molar-refractivity contribution < 1.29 is 28.9 Å². The SMILES string of the molecule is COc1cc(C2C3=C(CC(C)(C)CC3=O)N(Cc3ccccc3)C3=C2C(=O)CC(C)(C)C3)ccc1Oc1ccc([N+](=O)[O-])cc1[N+](=O)[O-]. The van der Waals surface area contributed by atoms with Gasteiger partial charge in [-0.25, -0.2) is 0 Å². The largest absolute Gasteiger partial charge is 0.493 e. The fourth-order valence-electron chi connectivity index (χ4n) is 7.25. The van der Waals surface area contributed by atoms with Crippen LogP contribution in [0.15, 0.2) is 89.3 Å². The van der Waals surface area contributed by atoms with Crippen LogP contribution in [0.2, 0.25) is 0 Å². The standard InChI is InChI=1S/C37H37N3O8/c1-36(2)17-26-34(28(41)19-36)33(35-27(18-37(3,4)20-29(35)42)38(26)21-22-9-7-6-8-10-22)23-11-13-31(32(15-23)47-5)48-30-14-12-24(39(43)44)16-25(30)40(45)46/h6-16,33H,17-21H2,1-5H3. The number of non-ortho nitro benzene ring substituents is 1. The third-order valence-corrected chi connectivity index (χ3v) is 9.30. The summed E-state index contributed by atoms with van der Waals surface area (Å²) in [6.45, 7) is 8.91. The summed E-state index contributed by atoms with van der Waals surface area (Å²) in [5, 5.41) is 23.0. The lowest BCUT2D eigenvalue weighted by Gasteiger charge is -2.49. The topological polar surface area (TPSA) is 142 Å². The number of nitro groups is 2. The molecule has 6 rings (SSSR count). The number of methoxy groups -OCH3 is 1. The van der Waals surface area contributed by atoms with Gasteiger partial charge in [-0.3, -0.25) is 29.8 Å². The normalized spacial score (nSPS) is 18.7. The van der Waals surface area contributed by atoms with E-state index >= 15 is 0 Å². The average molecular weight is 652 g/mol. The maximum atomic E-state index is 14.2. The van der Waals surface area contributed by atoms with Gasteiger partial charge in [-0.05, 0) is 53.0 Å². The van der Waals surface area contributed by atoms with Gasteiger partial charge in [0, 0.05) is 53.9 Å². The molecule has 0 radical (unpaired) electrons. The summed E-state index contributed by atoms with van der Waals surface area (Å²) in [6, 6.07) is 18.2. The Morgan fingerprint density at radius 1 is 0.750 bits per heavy atom. The van der Waals surface area contributed by atoms with Crippen molar-refractivity contribution in [2.45, 2.75) is 65.8 Å². The summed E-state index contributed by atoms with van der Waals surface area (Å²) in [7, 11) is 1.43. The Morgan fingerprint density at radius 2 is 1.33 bits per heavy atom. The molecule has 1 heterocycles. The first kappa shape index (κ1) is 32.6. The molecule has 0 aromatic heterocycles. The van der Waals surface area contributed by atoms with E-state index in [-0.39, 0.29) is 39.6 Å². The maximum Gasteiger partial charge on any atom is 0.318 e. The van der Waals surface area contributed by atoms with Crippen molar-refractivity contribution in [1.82, 2.24) is 4.90 Å². The minimum atomic E-state index is -0.749. The summed E-state index contributed by atoms with van der Waals surface area (Å²) in [5.74, 6) is -0.483. The van der Waals surface area contributed by atoms with Gasteiger partial charge in [0.15, 0.2) is 23.1 Å². The van der Waals surface area contributed by atoms with Gasteiger partial charge in [0.05, 0.1) is 23.0 Å². The molecule has 0 saturated heterocycles. The van der Waals surface area contributed by atoms with Crippen LogP contribution in [0.5, 0.6) is 17.2 Å². The second kappa shape index (κ2) is 12.0. The molecule has 0 atom stereocenters. The Kier molecular flexibility index (Phi) is 8.18. The lowest BCUT2D eigenvalue weighted by atomic mass is 9.63. The van der Waals surface area contributed by atoms with Gasteiger partial charge in [-0.2, -0.15) is 0 Å². The second-order valence-corrected chi connectivity index (χ2v) is 14.3. The molecule has 248 valence electrons. The van der Waals surface area contributed by atoms with Gasteiger partial charge in [0.2, 0.25) is 5.75 Å². The molecule has 0 spiro atoms. The van der Waals surface area contributed by atoms with Crippen LogP contribution in [0, 0.1) is 31.1 Å². The highest BCUT2D eigenvalue weighted by atomic mass is 16.6. The third-order valence-electron chi connectivity index (χ3n) is 9.30. The van der Waals surface area contributed by atoms with Crippen LogP contribution >= 0.6 is 0 Å². The fraction of sp³-hybridized carbons (Fsp3) is 0.351. The van der Waals surface area contributed by atoms with Crippen LogP contribution in [-0.2, 0) is 16.1 Å². The molecule has 0 fully saturated rings. The number of ketones is 2. The number of hydrogen-bond donors (Lipinski definition) is 0. The molecule has 0 bridgehead atoms. The first-order valence-electron chi connectivity index (χ1n) is 15.8. The van der Waals surface area contributed by atoms with Gasteiger partial charge in [0.25, 0.3) is 5.69 Å². The Labute approximate surface area is 278 Å². The minimum absolute atomic E-state index is 0.00528. The first-order chi connectivity index (χ1) is 22.7. The van der Waals surface area contributed by atoms with Gasteiger partial charge in [0.1, 0.15) is 0 Å². The molecular weight excluding hydrogens is 614 g/mol.